The van der Waals surface area contributed by atoms with Crippen LogP contribution in [-0.4, -0.2) is 63.9 Å². The largest absolute Gasteiger partial charge is 0.493 e. The Kier molecular flexibility index (Phi) is 13.5. The van der Waals surface area contributed by atoms with Gasteiger partial charge in [0, 0.05) is 44.3 Å². The molecule has 1 aromatic rings. The first-order chi connectivity index (χ1) is 12.8. The summed E-state index contributed by atoms with van der Waals surface area (Å²) < 4.78 is 11.1. The molecule has 0 saturated heterocycles. The number of guanidine groups is 1. The molecular weight excluding hydrogens is 467 g/mol. The fourth-order valence-electron chi connectivity index (χ4n) is 2.28. The summed E-state index contributed by atoms with van der Waals surface area (Å²) >= 11 is 0. The molecule has 0 aromatic heterocycles. The summed E-state index contributed by atoms with van der Waals surface area (Å²) in [7, 11) is 5.89. The number of hydrogen-bond acceptors (Lipinski definition) is 4. The zero-order chi connectivity index (χ0) is 20.3. The van der Waals surface area contributed by atoms with Gasteiger partial charge >= 0.3 is 0 Å². The molecule has 0 aliphatic carbocycles. The van der Waals surface area contributed by atoms with Gasteiger partial charge in [0.2, 0.25) is 0 Å². The second kappa shape index (κ2) is 14.0. The number of aryl methyl sites for hydroxylation is 1. The Bertz CT molecular complexity index is 592. The Labute approximate surface area is 188 Å². The number of likely N-dealkylation sites (N-methyl/N-ethyl adjacent to an activating group) is 1. The van der Waals surface area contributed by atoms with Gasteiger partial charge in [-0.05, 0) is 53.4 Å². The fraction of sp³-hybridized carbons (Fsp3) is 0.667. The lowest BCUT2D eigenvalue weighted by Gasteiger charge is -2.33. The molecule has 0 atom stereocenters. The molecule has 0 aliphatic heterocycles. The Hall–Kier alpha value is -1.06. The van der Waals surface area contributed by atoms with Crippen LogP contribution in [0.3, 0.4) is 0 Å². The second-order valence-corrected chi connectivity index (χ2v) is 7.56. The maximum atomic E-state index is 5.96. The third-order valence-electron chi connectivity index (χ3n) is 4.62. The van der Waals surface area contributed by atoms with Gasteiger partial charge in [0.05, 0.1) is 13.2 Å². The summed E-state index contributed by atoms with van der Waals surface area (Å²) in [5, 5.41) is 6.76. The normalized spacial score (nSPS) is 11.9. The molecule has 0 unspecified atom stereocenters. The third-order valence-corrected chi connectivity index (χ3v) is 4.62. The number of rotatable bonds is 11. The maximum Gasteiger partial charge on any atom is 0.191 e. The molecule has 0 aliphatic rings. The minimum atomic E-state index is 0. The summed E-state index contributed by atoms with van der Waals surface area (Å²) in [5.74, 6) is 1.72. The molecule has 1 rings (SSSR count). The average molecular weight is 506 g/mol. The van der Waals surface area contributed by atoms with E-state index < -0.39 is 0 Å². The highest BCUT2D eigenvalue weighted by atomic mass is 127. The van der Waals surface area contributed by atoms with Gasteiger partial charge in [-0.25, -0.2) is 4.99 Å². The number of halogens is 1. The molecule has 0 saturated carbocycles. The number of nitrogens with zero attached hydrogens (tertiary/aromatic N) is 2. The fourth-order valence-corrected chi connectivity index (χ4v) is 2.28. The summed E-state index contributed by atoms with van der Waals surface area (Å²) in [6, 6.07) is 6.27. The van der Waals surface area contributed by atoms with Crippen LogP contribution in [0.4, 0.5) is 0 Å². The van der Waals surface area contributed by atoms with Crippen LogP contribution in [0.1, 0.15) is 38.3 Å². The van der Waals surface area contributed by atoms with Gasteiger partial charge in [0.15, 0.2) is 5.96 Å². The van der Waals surface area contributed by atoms with E-state index in [4.69, 9.17) is 14.5 Å². The molecule has 0 heterocycles. The van der Waals surface area contributed by atoms with Crippen molar-refractivity contribution in [2.75, 3.05) is 47.5 Å². The van der Waals surface area contributed by atoms with E-state index in [1.165, 1.54) is 5.56 Å². The lowest BCUT2D eigenvalue weighted by molar-refractivity contribution is 0.172. The number of methoxy groups -OCH3 is 1. The zero-order valence-electron chi connectivity index (χ0n) is 18.6. The molecule has 7 heteroatoms. The first-order valence-corrected chi connectivity index (χ1v) is 9.71. The Morgan fingerprint density at radius 3 is 2.50 bits per heavy atom. The van der Waals surface area contributed by atoms with Crippen molar-refractivity contribution in [3.05, 3.63) is 29.3 Å². The first kappa shape index (κ1) is 26.9. The van der Waals surface area contributed by atoms with E-state index in [0.29, 0.717) is 19.8 Å². The predicted octanol–water partition coefficient (Wildman–Crippen LogP) is 3.42. The molecule has 1 aromatic carbocycles. The van der Waals surface area contributed by atoms with E-state index in [1.54, 1.807) is 7.11 Å². The predicted molar refractivity (Wildman–Crippen MR) is 129 cm³/mol. The Morgan fingerprint density at radius 2 is 1.89 bits per heavy atom. The SMILES string of the molecule is CCNC(=NCc1ccc(C)cc1OCCCOC)NCC(C)(C)N(C)C.I. The first-order valence-electron chi connectivity index (χ1n) is 9.71. The van der Waals surface area contributed by atoms with E-state index >= 15 is 0 Å². The van der Waals surface area contributed by atoms with Crippen molar-refractivity contribution in [2.45, 2.75) is 46.2 Å². The summed E-state index contributed by atoms with van der Waals surface area (Å²) in [4.78, 5) is 6.96. The Balaban J connectivity index is 0.00000729. The second-order valence-electron chi connectivity index (χ2n) is 7.56. The van der Waals surface area contributed by atoms with Gasteiger partial charge in [-0.2, -0.15) is 0 Å². The minimum Gasteiger partial charge on any atom is -0.493 e. The van der Waals surface area contributed by atoms with E-state index in [0.717, 1.165) is 36.8 Å². The highest BCUT2D eigenvalue weighted by molar-refractivity contribution is 14.0. The number of nitrogens with one attached hydrogen (secondary N) is 2. The van der Waals surface area contributed by atoms with Crippen LogP contribution in [0.2, 0.25) is 0 Å². The molecule has 2 N–H and O–H groups in total. The van der Waals surface area contributed by atoms with Crippen LogP contribution in [0.25, 0.3) is 0 Å². The van der Waals surface area contributed by atoms with Gasteiger partial charge in [0.1, 0.15) is 5.75 Å². The molecular formula is C21H39IN4O2. The van der Waals surface area contributed by atoms with Crippen molar-refractivity contribution in [1.82, 2.24) is 15.5 Å². The average Bonchev–Trinajstić information content (AvgIpc) is 2.62. The van der Waals surface area contributed by atoms with Crippen molar-refractivity contribution in [2.24, 2.45) is 4.99 Å². The van der Waals surface area contributed by atoms with Crippen molar-refractivity contribution in [3.8, 4) is 5.75 Å². The summed E-state index contributed by atoms with van der Waals surface area (Å²) in [6.07, 6.45) is 0.872. The number of benzene rings is 1. The van der Waals surface area contributed by atoms with Gasteiger partial charge in [-0.1, -0.05) is 12.1 Å². The van der Waals surface area contributed by atoms with Gasteiger partial charge in [0.25, 0.3) is 0 Å². The van der Waals surface area contributed by atoms with Crippen LogP contribution in [0, 0.1) is 6.92 Å². The van der Waals surface area contributed by atoms with Crippen molar-refractivity contribution >= 4 is 29.9 Å². The number of aliphatic imine (C=N–C) groups is 1. The molecule has 28 heavy (non-hydrogen) atoms. The molecule has 0 fully saturated rings. The molecule has 0 spiro atoms. The molecule has 0 bridgehead atoms. The smallest absolute Gasteiger partial charge is 0.191 e. The topological polar surface area (TPSA) is 58.1 Å². The molecule has 0 radical (unpaired) electrons. The molecule has 162 valence electrons. The summed E-state index contributed by atoms with van der Waals surface area (Å²) in [6.45, 7) is 12.1. The standard InChI is InChI=1S/C21H38N4O2.HI/c1-8-22-20(24-16-21(3,4)25(5)6)23-15-18-11-10-17(2)14-19(18)27-13-9-12-26-7;/h10-11,14H,8-9,12-13,15-16H2,1-7H3,(H2,22,23,24);1H. The van der Waals surface area contributed by atoms with E-state index in [-0.39, 0.29) is 29.5 Å². The van der Waals surface area contributed by atoms with Gasteiger partial charge < -0.3 is 25.0 Å². The van der Waals surface area contributed by atoms with Crippen LogP contribution in [0.15, 0.2) is 23.2 Å². The highest BCUT2D eigenvalue weighted by Gasteiger charge is 2.20. The van der Waals surface area contributed by atoms with E-state index in [9.17, 15) is 0 Å². The molecule has 6 nitrogen and oxygen atoms in total. The minimum absolute atomic E-state index is 0. The van der Waals surface area contributed by atoms with E-state index in [1.807, 2.05) is 0 Å². The molecule has 0 amide bonds. The van der Waals surface area contributed by atoms with Crippen LogP contribution in [0.5, 0.6) is 5.75 Å². The lowest BCUT2D eigenvalue weighted by atomic mass is 10.0. The number of ether oxygens (including phenoxy) is 2. The van der Waals surface area contributed by atoms with Crippen LogP contribution < -0.4 is 15.4 Å². The summed E-state index contributed by atoms with van der Waals surface area (Å²) in [5.41, 5.74) is 2.31. The zero-order valence-corrected chi connectivity index (χ0v) is 20.9. The van der Waals surface area contributed by atoms with E-state index in [2.05, 4.69) is 75.5 Å². The monoisotopic (exact) mass is 506 g/mol. The van der Waals surface area contributed by atoms with Crippen molar-refractivity contribution in [1.29, 1.82) is 0 Å². The highest BCUT2D eigenvalue weighted by Crippen LogP contribution is 2.21. The Morgan fingerprint density at radius 1 is 1.18 bits per heavy atom. The quantitative estimate of drug-likeness (QED) is 0.209. The number of hydrogen-bond donors (Lipinski definition) is 2. The van der Waals surface area contributed by atoms with Gasteiger partial charge in [-0.3, -0.25) is 0 Å². The van der Waals surface area contributed by atoms with Crippen LogP contribution >= 0.6 is 24.0 Å². The van der Waals surface area contributed by atoms with Crippen molar-refractivity contribution in [3.63, 3.8) is 0 Å². The lowest BCUT2D eigenvalue weighted by Crippen LogP contribution is -2.50. The third kappa shape index (κ3) is 9.93. The van der Waals surface area contributed by atoms with Crippen molar-refractivity contribution < 1.29 is 9.47 Å². The van der Waals surface area contributed by atoms with Gasteiger partial charge in [-0.15, -0.1) is 24.0 Å². The van der Waals surface area contributed by atoms with Crippen LogP contribution in [-0.2, 0) is 11.3 Å². The maximum absolute atomic E-state index is 5.96.